The van der Waals surface area contributed by atoms with Crippen LogP contribution in [0.3, 0.4) is 0 Å². The van der Waals surface area contributed by atoms with Crippen molar-refractivity contribution in [1.29, 1.82) is 0 Å². The van der Waals surface area contributed by atoms with Crippen molar-refractivity contribution in [2.24, 2.45) is 0 Å². The average Bonchev–Trinajstić information content (AvgIpc) is 3.09. The number of carbonyl (C=O) groups excluding carboxylic acids is 2. The standard InChI is InChI=1S/C19H17FN4O3/c1-12(25)21-15-3-2-4-16(11-15)22-17(26)9-10-18-23-19(24-27-18)13-5-7-14(20)8-6-13/h2-8,11H,9-10H2,1H3,(H,21,25)(H,22,26). The first-order valence-electron chi connectivity index (χ1n) is 8.25. The molecule has 27 heavy (non-hydrogen) atoms. The molecule has 0 aliphatic carbocycles. The van der Waals surface area contributed by atoms with Gasteiger partial charge in [0, 0.05) is 36.7 Å². The van der Waals surface area contributed by atoms with Crippen LogP contribution in [-0.4, -0.2) is 22.0 Å². The first-order chi connectivity index (χ1) is 13.0. The maximum absolute atomic E-state index is 13.0. The number of hydrogen-bond acceptors (Lipinski definition) is 5. The molecule has 0 spiro atoms. The molecule has 0 fully saturated rings. The van der Waals surface area contributed by atoms with Gasteiger partial charge in [-0.15, -0.1) is 0 Å². The van der Waals surface area contributed by atoms with Crippen molar-refractivity contribution in [2.45, 2.75) is 19.8 Å². The summed E-state index contributed by atoms with van der Waals surface area (Å²) in [6, 6.07) is 12.6. The highest BCUT2D eigenvalue weighted by atomic mass is 19.1. The molecule has 3 rings (SSSR count). The number of carbonyl (C=O) groups is 2. The Bertz CT molecular complexity index is 954. The van der Waals surface area contributed by atoms with Crippen molar-refractivity contribution < 1.29 is 18.5 Å². The molecule has 2 amide bonds. The molecule has 0 aliphatic heterocycles. The summed E-state index contributed by atoms with van der Waals surface area (Å²) >= 11 is 0. The summed E-state index contributed by atoms with van der Waals surface area (Å²) in [5.41, 5.74) is 1.80. The van der Waals surface area contributed by atoms with E-state index in [0.717, 1.165) is 0 Å². The lowest BCUT2D eigenvalue weighted by Gasteiger charge is -2.07. The van der Waals surface area contributed by atoms with E-state index in [4.69, 9.17) is 4.52 Å². The smallest absolute Gasteiger partial charge is 0.227 e. The van der Waals surface area contributed by atoms with Crippen LogP contribution in [0.4, 0.5) is 15.8 Å². The van der Waals surface area contributed by atoms with Gasteiger partial charge in [0.05, 0.1) is 0 Å². The van der Waals surface area contributed by atoms with Crippen LogP contribution in [0.15, 0.2) is 53.1 Å². The fourth-order valence-electron chi connectivity index (χ4n) is 2.39. The average molecular weight is 368 g/mol. The lowest BCUT2D eigenvalue weighted by molar-refractivity contribution is -0.116. The largest absolute Gasteiger partial charge is 0.339 e. The molecular formula is C19H17FN4O3. The van der Waals surface area contributed by atoms with Gasteiger partial charge in [-0.3, -0.25) is 9.59 Å². The first-order valence-corrected chi connectivity index (χ1v) is 8.25. The first kappa shape index (κ1) is 18.2. The molecule has 1 heterocycles. The number of amides is 2. The zero-order valence-electron chi connectivity index (χ0n) is 14.5. The van der Waals surface area contributed by atoms with Crippen molar-refractivity contribution in [1.82, 2.24) is 10.1 Å². The third-order valence-electron chi connectivity index (χ3n) is 3.60. The van der Waals surface area contributed by atoms with Crippen LogP contribution in [0, 0.1) is 5.82 Å². The van der Waals surface area contributed by atoms with Crippen molar-refractivity contribution >= 4 is 23.2 Å². The van der Waals surface area contributed by atoms with E-state index in [2.05, 4.69) is 20.8 Å². The van der Waals surface area contributed by atoms with E-state index in [1.165, 1.54) is 19.1 Å². The second kappa shape index (κ2) is 8.22. The van der Waals surface area contributed by atoms with E-state index in [1.54, 1.807) is 36.4 Å². The normalized spacial score (nSPS) is 10.4. The zero-order chi connectivity index (χ0) is 19.2. The van der Waals surface area contributed by atoms with E-state index in [0.29, 0.717) is 28.7 Å². The van der Waals surface area contributed by atoms with Crippen LogP contribution < -0.4 is 10.6 Å². The fourth-order valence-corrected chi connectivity index (χ4v) is 2.39. The zero-order valence-corrected chi connectivity index (χ0v) is 14.5. The molecule has 1 aromatic heterocycles. The Hall–Kier alpha value is -3.55. The van der Waals surface area contributed by atoms with Gasteiger partial charge in [-0.25, -0.2) is 4.39 Å². The Morgan fingerprint density at radius 2 is 1.78 bits per heavy atom. The van der Waals surface area contributed by atoms with E-state index >= 15 is 0 Å². The third-order valence-corrected chi connectivity index (χ3v) is 3.60. The van der Waals surface area contributed by atoms with Crippen LogP contribution in [-0.2, 0) is 16.0 Å². The van der Waals surface area contributed by atoms with E-state index in [1.807, 2.05) is 0 Å². The summed E-state index contributed by atoms with van der Waals surface area (Å²) in [6.07, 6.45) is 0.417. The number of nitrogens with zero attached hydrogens (tertiary/aromatic N) is 2. The van der Waals surface area contributed by atoms with Crippen molar-refractivity contribution in [3.63, 3.8) is 0 Å². The Balaban J connectivity index is 1.55. The number of nitrogens with one attached hydrogen (secondary N) is 2. The minimum atomic E-state index is -0.346. The molecule has 8 heteroatoms. The highest BCUT2D eigenvalue weighted by Crippen LogP contribution is 2.18. The summed E-state index contributed by atoms with van der Waals surface area (Å²) in [7, 11) is 0. The lowest BCUT2D eigenvalue weighted by Crippen LogP contribution is -2.13. The predicted molar refractivity (Wildman–Crippen MR) is 97.4 cm³/mol. The van der Waals surface area contributed by atoms with Crippen LogP contribution in [0.25, 0.3) is 11.4 Å². The van der Waals surface area contributed by atoms with Gasteiger partial charge in [-0.2, -0.15) is 4.98 Å². The quantitative estimate of drug-likeness (QED) is 0.695. The maximum atomic E-state index is 13.0. The molecule has 3 aromatic rings. The molecule has 2 aromatic carbocycles. The number of halogens is 1. The Kier molecular flexibility index (Phi) is 5.55. The second-order valence-corrected chi connectivity index (χ2v) is 5.83. The number of hydrogen-bond donors (Lipinski definition) is 2. The SMILES string of the molecule is CC(=O)Nc1cccc(NC(=O)CCc2nc(-c3ccc(F)cc3)no2)c1. The minimum Gasteiger partial charge on any atom is -0.339 e. The highest BCUT2D eigenvalue weighted by Gasteiger charge is 2.11. The summed E-state index contributed by atoms with van der Waals surface area (Å²) in [5, 5.41) is 9.24. The molecule has 0 saturated heterocycles. The molecule has 7 nitrogen and oxygen atoms in total. The van der Waals surface area contributed by atoms with Gasteiger partial charge >= 0.3 is 0 Å². The van der Waals surface area contributed by atoms with Crippen molar-refractivity contribution in [3.05, 3.63) is 60.2 Å². The number of anilines is 2. The van der Waals surface area contributed by atoms with Crippen LogP contribution >= 0.6 is 0 Å². The van der Waals surface area contributed by atoms with Crippen LogP contribution in [0.2, 0.25) is 0 Å². The number of rotatable bonds is 6. The van der Waals surface area contributed by atoms with Gasteiger partial charge in [-0.1, -0.05) is 11.2 Å². The monoisotopic (exact) mass is 368 g/mol. The van der Waals surface area contributed by atoms with Gasteiger partial charge in [0.2, 0.25) is 23.5 Å². The van der Waals surface area contributed by atoms with Crippen molar-refractivity contribution in [2.75, 3.05) is 10.6 Å². The van der Waals surface area contributed by atoms with Gasteiger partial charge in [0.1, 0.15) is 5.82 Å². The molecule has 0 saturated carbocycles. The fraction of sp³-hybridized carbons (Fsp3) is 0.158. The van der Waals surface area contributed by atoms with Crippen LogP contribution in [0.1, 0.15) is 19.2 Å². The summed E-state index contributed by atoms with van der Waals surface area (Å²) < 4.78 is 18.1. The van der Waals surface area contributed by atoms with Crippen LogP contribution in [0.5, 0.6) is 0 Å². The topological polar surface area (TPSA) is 97.1 Å². The molecule has 0 aliphatic rings. The minimum absolute atomic E-state index is 0.148. The van der Waals surface area contributed by atoms with Gasteiger partial charge < -0.3 is 15.2 Å². The van der Waals surface area contributed by atoms with Gasteiger partial charge in [0.25, 0.3) is 0 Å². The van der Waals surface area contributed by atoms with E-state index < -0.39 is 0 Å². The second-order valence-electron chi connectivity index (χ2n) is 5.83. The van der Waals surface area contributed by atoms with E-state index in [-0.39, 0.29) is 30.5 Å². The Morgan fingerprint density at radius 1 is 1.07 bits per heavy atom. The van der Waals surface area contributed by atoms with Gasteiger partial charge in [0.15, 0.2) is 0 Å². The summed E-state index contributed by atoms with van der Waals surface area (Å²) in [6.45, 7) is 1.41. The van der Waals surface area contributed by atoms with E-state index in [9.17, 15) is 14.0 Å². The molecule has 2 N–H and O–H groups in total. The molecule has 0 atom stereocenters. The maximum Gasteiger partial charge on any atom is 0.227 e. The molecule has 0 unspecified atom stereocenters. The summed E-state index contributed by atoms with van der Waals surface area (Å²) in [4.78, 5) is 27.4. The highest BCUT2D eigenvalue weighted by molar-refractivity contribution is 5.93. The predicted octanol–water partition coefficient (Wildman–Crippen LogP) is 3.41. The molecule has 138 valence electrons. The molecule has 0 bridgehead atoms. The number of aromatic nitrogens is 2. The summed E-state index contributed by atoms with van der Waals surface area (Å²) in [5.74, 6) is -0.102. The Labute approximate surface area is 154 Å². The van der Waals surface area contributed by atoms with Crippen molar-refractivity contribution in [3.8, 4) is 11.4 Å². The lowest BCUT2D eigenvalue weighted by atomic mass is 10.2. The van der Waals surface area contributed by atoms with Gasteiger partial charge in [-0.05, 0) is 42.5 Å². The number of aryl methyl sites for hydroxylation is 1. The number of benzene rings is 2. The Morgan fingerprint density at radius 3 is 2.48 bits per heavy atom. The molecular weight excluding hydrogens is 351 g/mol. The molecule has 0 radical (unpaired) electrons. The third kappa shape index (κ3) is 5.21.